The summed E-state index contributed by atoms with van der Waals surface area (Å²) in [5.74, 6) is 0. The van der Waals surface area contributed by atoms with Crippen molar-refractivity contribution in [2.45, 2.75) is 24.7 Å². The molecule has 0 fully saturated rings. The molecule has 0 aliphatic heterocycles. The number of benzene rings is 7. The van der Waals surface area contributed by atoms with E-state index < -0.39 is 5.41 Å². The molecule has 0 N–H and O–H groups in total. The number of nitrogens with zero attached hydrogens (tertiary/aromatic N) is 2. The van der Waals surface area contributed by atoms with E-state index in [1.807, 2.05) is 18.5 Å². The molecule has 10 rings (SSSR count). The second kappa shape index (κ2) is 11.1. The molecule has 242 valence electrons. The number of rotatable bonds is 5. The lowest BCUT2D eigenvalue weighted by Crippen LogP contribution is -2.28. The van der Waals surface area contributed by atoms with Crippen LogP contribution in [0.4, 0.5) is 17.1 Å². The first-order valence-electron chi connectivity index (χ1n) is 17.8. The van der Waals surface area contributed by atoms with Gasteiger partial charge in [0, 0.05) is 23.0 Å². The van der Waals surface area contributed by atoms with Crippen molar-refractivity contribution in [1.29, 1.82) is 0 Å². The van der Waals surface area contributed by atoms with Crippen molar-refractivity contribution in [3.05, 3.63) is 216 Å². The average molecular weight is 653 g/mol. The van der Waals surface area contributed by atoms with Crippen molar-refractivity contribution in [1.82, 2.24) is 4.98 Å². The van der Waals surface area contributed by atoms with E-state index in [-0.39, 0.29) is 5.41 Å². The predicted octanol–water partition coefficient (Wildman–Crippen LogP) is 12.4. The van der Waals surface area contributed by atoms with Gasteiger partial charge in [-0.1, -0.05) is 135 Å². The number of fused-ring (bicyclic) bond motifs is 7. The second-order valence-corrected chi connectivity index (χ2v) is 14.4. The molecular formula is C49H36N2. The molecule has 1 aromatic heterocycles. The first-order chi connectivity index (χ1) is 25.0. The van der Waals surface area contributed by atoms with Crippen molar-refractivity contribution >= 4 is 27.8 Å². The Morgan fingerprint density at radius 3 is 1.75 bits per heavy atom. The Balaban J connectivity index is 1.22. The zero-order chi connectivity index (χ0) is 34.2. The van der Waals surface area contributed by atoms with Crippen LogP contribution in [0.3, 0.4) is 0 Å². The molecule has 0 amide bonds. The normalized spacial score (nSPS) is 14.4. The minimum atomic E-state index is -0.479. The fourth-order valence-corrected chi connectivity index (χ4v) is 9.07. The van der Waals surface area contributed by atoms with Crippen LogP contribution in [0.1, 0.15) is 47.2 Å². The van der Waals surface area contributed by atoms with Crippen molar-refractivity contribution in [2.75, 3.05) is 4.90 Å². The van der Waals surface area contributed by atoms with Gasteiger partial charge in [0.05, 0.1) is 17.3 Å². The highest BCUT2D eigenvalue weighted by Crippen LogP contribution is 2.58. The first-order valence-corrected chi connectivity index (χ1v) is 17.8. The van der Waals surface area contributed by atoms with Crippen molar-refractivity contribution in [3.63, 3.8) is 0 Å². The van der Waals surface area contributed by atoms with Gasteiger partial charge in [0.25, 0.3) is 0 Å². The van der Waals surface area contributed by atoms with Gasteiger partial charge in [-0.3, -0.25) is 4.98 Å². The first kappa shape index (κ1) is 29.6. The third-order valence-electron chi connectivity index (χ3n) is 11.4. The average Bonchev–Trinajstić information content (AvgIpc) is 3.60. The predicted molar refractivity (Wildman–Crippen MR) is 211 cm³/mol. The van der Waals surface area contributed by atoms with E-state index in [1.165, 1.54) is 66.4 Å². The Bertz CT molecular complexity index is 2570. The summed E-state index contributed by atoms with van der Waals surface area (Å²) in [4.78, 5) is 6.99. The molecule has 0 unspecified atom stereocenters. The van der Waals surface area contributed by atoms with E-state index in [9.17, 15) is 0 Å². The van der Waals surface area contributed by atoms with Gasteiger partial charge in [-0.25, -0.2) is 0 Å². The molecule has 0 saturated heterocycles. The number of aromatic nitrogens is 1. The molecule has 0 atom stereocenters. The summed E-state index contributed by atoms with van der Waals surface area (Å²) < 4.78 is 0. The van der Waals surface area contributed by atoms with E-state index in [4.69, 9.17) is 0 Å². The van der Waals surface area contributed by atoms with E-state index >= 15 is 0 Å². The van der Waals surface area contributed by atoms with Gasteiger partial charge in [0.1, 0.15) is 0 Å². The highest BCUT2D eigenvalue weighted by Gasteiger charge is 2.46. The molecule has 0 saturated carbocycles. The van der Waals surface area contributed by atoms with Crippen LogP contribution in [0, 0.1) is 0 Å². The number of pyridine rings is 1. The quantitative estimate of drug-likeness (QED) is 0.184. The van der Waals surface area contributed by atoms with Crippen LogP contribution in [0.25, 0.3) is 33.0 Å². The third kappa shape index (κ3) is 4.26. The summed E-state index contributed by atoms with van der Waals surface area (Å²) in [5, 5.41) is 2.56. The Morgan fingerprint density at radius 2 is 1.02 bits per heavy atom. The zero-order valence-corrected chi connectivity index (χ0v) is 28.7. The fourth-order valence-electron chi connectivity index (χ4n) is 9.07. The molecule has 8 aromatic rings. The van der Waals surface area contributed by atoms with Gasteiger partial charge in [-0.2, -0.15) is 0 Å². The zero-order valence-electron chi connectivity index (χ0n) is 28.7. The summed E-state index contributed by atoms with van der Waals surface area (Å²) in [7, 11) is 0. The third-order valence-corrected chi connectivity index (χ3v) is 11.4. The topological polar surface area (TPSA) is 16.1 Å². The van der Waals surface area contributed by atoms with Crippen LogP contribution >= 0.6 is 0 Å². The second-order valence-electron chi connectivity index (χ2n) is 14.4. The molecule has 7 aromatic carbocycles. The van der Waals surface area contributed by atoms with Gasteiger partial charge >= 0.3 is 0 Å². The molecular weight excluding hydrogens is 617 g/mol. The largest absolute Gasteiger partial charge is 0.309 e. The van der Waals surface area contributed by atoms with E-state index in [1.54, 1.807) is 0 Å². The maximum atomic E-state index is 4.61. The highest BCUT2D eigenvalue weighted by molar-refractivity contribution is 5.95. The Kier molecular flexibility index (Phi) is 6.47. The molecule has 2 aliphatic rings. The van der Waals surface area contributed by atoms with Crippen LogP contribution in [0.5, 0.6) is 0 Å². The highest BCUT2D eigenvalue weighted by atomic mass is 15.1. The summed E-state index contributed by atoms with van der Waals surface area (Å²) >= 11 is 0. The van der Waals surface area contributed by atoms with E-state index in [0.29, 0.717) is 0 Å². The lowest BCUT2D eigenvalue weighted by Gasteiger charge is -2.35. The summed E-state index contributed by atoms with van der Waals surface area (Å²) in [6, 6.07) is 62.7. The van der Waals surface area contributed by atoms with E-state index in [0.717, 1.165) is 17.1 Å². The minimum Gasteiger partial charge on any atom is -0.309 e. The van der Waals surface area contributed by atoms with Gasteiger partial charge in [0.2, 0.25) is 0 Å². The van der Waals surface area contributed by atoms with Gasteiger partial charge in [-0.05, 0) is 115 Å². The van der Waals surface area contributed by atoms with Crippen LogP contribution < -0.4 is 4.90 Å². The summed E-state index contributed by atoms with van der Waals surface area (Å²) in [5.41, 5.74) is 15.7. The minimum absolute atomic E-state index is 0.101. The smallest absolute Gasteiger partial charge is 0.0714 e. The van der Waals surface area contributed by atoms with Crippen LogP contribution in [-0.4, -0.2) is 4.98 Å². The van der Waals surface area contributed by atoms with Crippen molar-refractivity contribution in [3.8, 4) is 22.3 Å². The lowest BCUT2D eigenvalue weighted by atomic mass is 9.67. The Hall–Kier alpha value is -6.25. The molecule has 0 radical (unpaired) electrons. The molecule has 1 heterocycles. The molecule has 2 nitrogen and oxygen atoms in total. The van der Waals surface area contributed by atoms with Crippen molar-refractivity contribution < 1.29 is 0 Å². The van der Waals surface area contributed by atoms with Crippen molar-refractivity contribution in [2.24, 2.45) is 0 Å². The SMILES string of the molecule is CC1(C)c2ccc(N(c3cccnc3)c3ccc4c(c3)C(c3ccccc3)(c3ccccc3)c3ccccc3-4)cc2-c2cc3ccccc3cc21. The standard InChI is InChI=1S/C49H36N2/c1-48(2)44-26-24-37(30-43(44)42-28-33-14-9-10-15-34(33)29-46(42)48)51(39-20-13-27-50-32-39)38-23-25-41-40-21-11-12-22-45(40)49(47(41)31-38,35-16-5-3-6-17-35)36-18-7-4-8-19-36/h3-32H,1-2H3. The number of anilines is 3. The Morgan fingerprint density at radius 1 is 0.412 bits per heavy atom. The molecule has 0 spiro atoms. The monoisotopic (exact) mass is 652 g/mol. The fraction of sp³-hybridized carbons (Fsp3) is 0.0816. The summed E-state index contributed by atoms with van der Waals surface area (Å²) in [6.07, 6.45) is 3.83. The molecule has 51 heavy (non-hydrogen) atoms. The number of hydrogen-bond donors (Lipinski definition) is 0. The maximum Gasteiger partial charge on any atom is 0.0714 e. The summed E-state index contributed by atoms with van der Waals surface area (Å²) in [6.45, 7) is 4.71. The van der Waals surface area contributed by atoms with Gasteiger partial charge < -0.3 is 4.90 Å². The lowest BCUT2D eigenvalue weighted by molar-refractivity contribution is 0.661. The molecule has 0 bridgehead atoms. The van der Waals surface area contributed by atoms with Gasteiger partial charge in [0.15, 0.2) is 0 Å². The number of hydrogen-bond acceptors (Lipinski definition) is 2. The van der Waals surface area contributed by atoms with Gasteiger partial charge in [-0.15, -0.1) is 0 Å². The van der Waals surface area contributed by atoms with Crippen LogP contribution in [0.15, 0.2) is 182 Å². The maximum absolute atomic E-state index is 4.61. The Labute approximate surface area is 299 Å². The van der Waals surface area contributed by atoms with E-state index in [2.05, 4.69) is 188 Å². The van der Waals surface area contributed by atoms with Crippen LogP contribution in [-0.2, 0) is 10.8 Å². The van der Waals surface area contributed by atoms with Crippen LogP contribution in [0.2, 0.25) is 0 Å². The molecule has 2 heteroatoms. The molecule has 2 aliphatic carbocycles.